The Morgan fingerprint density at radius 1 is 0.913 bits per heavy atom. The first kappa shape index (κ1) is 16.4. The van der Waals surface area contributed by atoms with Crippen LogP contribution in [0.4, 0.5) is 0 Å². The highest BCUT2D eigenvalue weighted by molar-refractivity contribution is 5.15. The minimum absolute atomic E-state index is 0.422. The summed E-state index contributed by atoms with van der Waals surface area (Å²) >= 11 is 0. The van der Waals surface area contributed by atoms with Gasteiger partial charge in [-0.15, -0.1) is 0 Å². The molecule has 4 aliphatic carbocycles. The van der Waals surface area contributed by atoms with Crippen LogP contribution in [-0.4, -0.2) is 12.7 Å². The van der Waals surface area contributed by atoms with Gasteiger partial charge in [0.1, 0.15) is 0 Å². The van der Waals surface area contributed by atoms with Crippen LogP contribution in [-0.2, 0) is 4.74 Å². The van der Waals surface area contributed by atoms with Gasteiger partial charge in [-0.25, -0.2) is 0 Å². The van der Waals surface area contributed by atoms with Gasteiger partial charge in [-0.1, -0.05) is 27.7 Å². The Kier molecular flexibility index (Phi) is 3.73. The van der Waals surface area contributed by atoms with Crippen LogP contribution in [0.5, 0.6) is 0 Å². The van der Waals surface area contributed by atoms with Gasteiger partial charge >= 0.3 is 0 Å². The van der Waals surface area contributed by atoms with E-state index in [0.29, 0.717) is 22.3 Å². The lowest BCUT2D eigenvalue weighted by atomic mass is 9.40. The number of fused-ring (bicyclic) bond motifs is 3. The summed E-state index contributed by atoms with van der Waals surface area (Å²) in [6, 6.07) is 0. The fourth-order valence-electron chi connectivity index (χ4n) is 8.44. The maximum absolute atomic E-state index is 6.43. The minimum atomic E-state index is 0.422. The van der Waals surface area contributed by atoms with Crippen LogP contribution in [0.2, 0.25) is 0 Å². The van der Waals surface area contributed by atoms with Crippen LogP contribution in [0.1, 0.15) is 86.0 Å². The third-order valence-corrected chi connectivity index (χ3v) is 9.26. The molecule has 1 unspecified atom stereocenters. The Bertz CT molecular complexity index is 465. The van der Waals surface area contributed by atoms with Crippen LogP contribution < -0.4 is 0 Å². The third kappa shape index (κ3) is 2.14. The van der Waals surface area contributed by atoms with Gasteiger partial charge in [-0.3, -0.25) is 0 Å². The van der Waals surface area contributed by atoms with Crippen molar-refractivity contribution in [3.63, 3.8) is 0 Å². The zero-order chi connectivity index (χ0) is 16.5. The average Bonchev–Trinajstić information content (AvgIpc) is 2.72. The second-order valence-corrected chi connectivity index (χ2v) is 10.6. The quantitative estimate of drug-likeness (QED) is 0.600. The molecule has 0 saturated heterocycles. The summed E-state index contributed by atoms with van der Waals surface area (Å²) in [5.74, 6) is 3.80. The molecule has 0 aliphatic heterocycles. The lowest BCUT2D eigenvalue weighted by Gasteiger charge is -2.66. The third-order valence-electron chi connectivity index (χ3n) is 9.26. The maximum Gasteiger partial charge on any atom is 0.0634 e. The van der Waals surface area contributed by atoms with Crippen molar-refractivity contribution in [2.45, 2.75) is 92.1 Å². The van der Waals surface area contributed by atoms with E-state index in [0.717, 1.165) is 30.3 Å². The molecule has 1 nitrogen and oxygen atoms in total. The van der Waals surface area contributed by atoms with Crippen molar-refractivity contribution in [1.29, 1.82) is 0 Å². The standard InChI is InChI=1S/C22H38O/c1-6-23-19-10-11-20(3,4)17-9-12-22-13-15(2)16(14-22)7-8-18(22)21(17,19)5/h15-19H,6-14H2,1-5H3/t15-,16+,17+,18-,19?,21+,22+/m1/s1. The monoisotopic (exact) mass is 318 g/mol. The fraction of sp³-hybridized carbons (Fsp3) is 1.00. The van der Waals surface area contributed by atoms with Crippen molar-refractivity contribution in [3.8, 4) is 0 Å². The Balaban J connectivity index is 1.75. The van der Waals surface area contributed by atoms with Gasteiger partial charge in [0.05, 0.1) is 6.10 Å². The first-order valence-electron chi connectivity index (χ1n) is 10.4. The van der Waals surface area contributed by atoms with E-state index < -0.39 is 0 Å². The molecule has 4 aliphatic rings. The summed E-state index contributed by atoms with van der Waals surface area (Å²) in [6.07, 6.45) is 12.2. The average molecular weight is 319 g/mol. The van der Waals surface area contributed by atoms with Gasteiger partial charge in [-0.05, 0) is 92.8 Å². The Labute approximate surface area is 143 Å². The molecule has 23 heavy (non-hydrogen) atoms. The molecule has 0 radical (unpaired) electrons. The van der Waals surface area contributed by atoms with Crippen LogP contribution >= 0.6 is 0 Å². The summed E-state index contributed by atoms with van der Waals surface area (Å²) in [4.78, 5) is 0. The molecule has 0 aromatic carbocycles. The molecular weight excluding hydrogens is 280 g/mol. The van der Waals surface area contributed by atoms with E-state index in [9.17, 15) is 0 Å². The van der Waals surface area contributed by atoms with Crippen molar-refractivity contribution in [1.82, 2.24) is 0 Å². The van der Waals surface area contributed by atoms with Gasteiger partial charge in [0.15, 0.2) is 0 Å². The number of hydrogen-bond donors (Lipinski definition) is 0. The smallest absolute Gasteiger partial charge is 0.0634 e. The molecule has 0 heterocycles. The van der Waals surface area contributed by atoms with Crippen molar-refractivity contribution >= 4 is 0 Å². The zero-order valence-corrected chi connectivity index (χ0v) is 16.2. The van der Waals surface area contributed by atoms with Gasteiger partial charge in [0.25, 0.3) is 0 Å². The normalized spacial score (nSPS) is 54.4. The van der Waals surface area contributed by atoms with E-state index >= 15 is 0 Å². The zero-order valence-electron chi connectivity index (χ0n) is 16.2. The van der Waals surface area contributed by atoms with E-state index in [1.54, 1.807) is 6.42 Å². The Morgan fingerprint density at radius 3 is 2.43 bits per heavy atom. The highest BCUT2D eigenvalue weighted by atomic mass is 16.5. The Hall–Kier alpha value is -0.0400. The van der Waals surface area contributed by atoms with Crippen molar-refractivity contribution in [2.24, 2.45) is 39.9 Å². The molecule has 4 saturated carbocycles. The first-order chi connectivity index (χ1) is 10.8. The molecule has 7 atom stereocenters. The molecule has 4 fully saturated rings. The molecule has 1 spiro atoms. The number of ether oxygens (including phenoxy) is 1. The van der Waals surface area contributed by atoms with Crippen LogP contribution in [0, 0.1) is 39.9 Å². The number of rotatable bonds is 2. The molecule has 0 N–H and O–H groups in total. The lowest BCUT2D eigenvalue weighted by Crippen LogP contribution is -2.61. The largest absolute Gasteiger partial charge is 0.378 e. The molecular formula is C22H38O. The van der Waals surface area contributed by atoms with Crippen LogP contribution in [0.15, 0.2) is 0 Å². The number of hydrogen-bond acceptors (Lipinski definition) is 1. The molecule has 0 aromatic rings. The highest BCUT2D eigenvalue weighted by Crippen LogP contribution is 2.72. The Morgan fingerprint density at radius 2 is 1.70 bits per heavy atom. The van der Waals surface area contributed by atoms with Crippen LogP contribution in [0.25, 0.3) is 0 Å². The maximum atomic E-state index is 6.43. The van der Waals surface area contributed by atoms with Gasteiger partial charge in [0.2, 0.25) is 0 Å². The van der Waals surface area contributed by atoms with E-state index in [4.69, 9.17) is 4.74 Å². The molecule has 0 amide bonds. The summed E-state index contributed by atoms with van der Waals surface area (Å²) in [6.45, 7) is 13.4. The van der Waals surface area contributed by atoms with E-state index in [-0.39, 0.29) is 0 Å². The summed E-state index contributed by atoms with van der Waals surface area (Å²) in [5, 5.41) is 0. The minimum Gasteiger partial charge on any atom is -0.378 e. The van der Waals surface area contributed by atoms with Crippen molar-refractivity contribution < 1.29 is 4.74 Å². The molecule has 0 aromatic heterocycles. The van der Waals surface area contributed by atoms with E-state index in [1.165, 1.54) is 44.9 Å². The molecule has 1 heteroatoms. The summed E-state index contributed by atoms with van der Waals surface area (Å²) < 4.78 is 6.43. The van der Waals surface area contributed by atoms with Gasteiger partial charge in [-0.2, -0.15) is 0 Å². The summed E-state index contributed by atoms with van der Waals surface area (Å²) in [5.41, 5.74) is 1.60. The van der Waals surface area contributed by atoms with E-state index in [2.05, 4.69) is 34.6 Å². The van der Waals surface area contributed by atoms with E-state index in [1.807, 2.05) is 0 Å². The second kappa shape index (κ2) is 5.23. The first-order valence-corrected chi connectivity index (χ1v) is 10.4. The lowest BCUT2D eigenvalue weighted by molar-refractivity contribution is -0.212. The SMILES string of the molecule is CCOC1CCC(C)(C)[C@@H]2CC[C@]34C[C@H](CC[C@@H]3[C@@]12C)[C@H](C)C4. The van der Waals surface area contributed by atoms with Gasteiger partial charge < -0.3 is 4.74 Å². The highest BCUT2D eigenvalue weighted by Gasteiger charge is 2.66. The second-order valence-electron chi connectivity index (χ2n) is 10.6. The molecule has 4 rings (SSSR count). The summed E-state index contributed by atoms with van der Waals surface area (Å²) in [7, 11) is 0. The molecule has 2 bridgehead atoms. The predicted molar refractivity (Wildman–Crippen MR) is 96.3 cm³/mol. The predicted octanol–water partition coefficient (Wildman–Crippen LogP) is 6.07. The van der Waals surface area contributed by atoms with Crippen LogP contribution in [0.3, 0.4) is 0 Å². The van der Waals surface area contributed by atoms with Gasteiger partial charge in [0, 0.05) is 12.0 Å². The van der Waals surface area contributed by atoms with Crippen molar-refractivity contribution in [3.05, 3.63) is 0 Å². The fourth-order valence-corrected chi connectivity index (χ4v) is 8.44. The topological polar surface area (TPSA) is 9.23 Å². The molecule has 132 valence electrons. The van der Waals surface area contributed by atoms with Crippen molar-refractivity contribution in [2.75, 3.05) is 6.61 Å².